The molecule has 1 heterocycles. The zero-order valence-corrected chi connectivity index (χ0v) is 19.9. The molecular weight excluding hydrogens is 484 g/mol. The van der Waals surface area contributed by atoms with E-state index in [9.17, 15) is 17.2 Å². The molecule has 2 N–H and O–H groups in total. The predicted octanol–water partition coefficient (Wildman–Crippen LogP) is 4.23. The van der Waals surface area contributed by atoms with Crippen molar-refractivity contribution < 1.29 is 27.1 Å². The van der Waals surface area contributed by atoms with E-state index in [4.69, 9.17) is 21.5 Å². The number of aromatic nitrogens is 1. The molecule has 0 aliphatic heterocycles. The van der Waals surface area contributed by atoms with Gasteiger partial charge in [0.25, 0.3) is 6.47 Å². The SMILES string of the molecule is CN(CCF)[C@H]1CCCC[C@@H]1Nc1cc(F)c(S(=O)(=O)Cc2nccs2)cc1Cl.O=CO. The number of hydrogen-bond donors (Lipinski definition) is 2. The monoisotopic (exact) mass is 509 g/mol. The average molecular weight is 510 g/mol. The highest BCUT2D eigenvalue weighted by Crippen LogP contribution is 2.33. The van der Waals surface area contributed by atoms with Crippen molar-refractivity contribution in [3.8, 4) is 0 Å². The van der Waals surface area contributed by atoms with E-state index in [1.807, 2.05) is 11.9 Å². The highest BCUT2D eigenvalue weighted by Gasteiger charge is 2.29. The molecule has 1 fully saturated rings. The van der Waals surface area contributed by atoms with Crippen molar-refractivity contribution in [1.29, 1.82) is 0 Å². The summed E-state index contributed by atoms with van der Waals surface area (Å²) in [5, 5.41) is 12.4. The Labute approximate surface area is 195 Å². The lowest BCUT2D eigenvalue weighted by Gasteiger charge is -2.38. The van der Waals surface area contributed by atoms with Crippen LogP contribution in [0.3, 0.4) is 0 Å². The molecule has 0 radical (unpaired) electrons. The second-order valence-corrected chi connectivity index (χ2v) is 10.7. The van der Waals surface area contributed by atoms with E-state index in [1.54, 1.807) is 5.38 Å². The maximum Gasteiger partial charge on any atom is 0.290 e. The minimum Gasteiger partial charge on any atom is -0.483 e. The molecular formula is C20H26ClF2N3O4S2. The van der Waals surface area contributed by atoms with Gasteiger partial charge in [0.2, 0.25) is 0 Å². The summed E-state index contributed by atoms with van der Waals surface area (Å²) in [7, 11) is -2.03. The van der Waals surface area contributed by atoms with Crippen molar-refractivity contribution in [3.63, 3.8) is 0 Å². The van der Waals surface area contributed by atoms with Crippen LogP contribution in [0.25, 0.3) is 0 Å². The van der Waals surface area contributed by atoms with Crippen LogP contribution in [0, 0.1) is 5.82 Å². The molecule has 2 atom stereocenters. The number of alkyl halides is 1. The molecule has 1 saturated carbocycles. The van der Waals surface area contributed by atoms with Gasteiger partial charge in [0.1, 0.15) is 28.1 Å². The van der Waals surface area contributed by atoms with Crippen LogP contribution in [0.15, 0.2) is 28.6 Å². The van der Waals surface area contributed by atoms with Crippen LogP contribution in [0.1, 0.15) is 30.7 Å². The third kappa shape index (κ3) is 7.09. The number of hydrogen-bond acceptors (Lipinski definition) is 7. The van der Waals surface area contributed by atoms with Crippen LogP contribution in [0.5, 0.6) is 0 Å². The number of carboxylic acid groups (broad SMARTS) is 1. The highest BCUT2D eigenvalue weighted by molar-refractivity contribution is 7.90. The molecule has 12 heteroatoms. The molecule has 178 valence electrons. The van der Waals surface area contributed by atoms with Gasteiger partial charge in [-0.15, -0.1) is 11.3 Å². The number of likely N-dealkylation sites (N-methyl/N-ethyl adjacent to an activating group) is 1. The van der Waals surface area contributed by atoms with E-state index >= 15 is 0 Å². The van der Waals surface area contributed by atoms with Gasteiger partial charge in [-0.05, 0) is 32.0 Å². The van der Waals surface area contributed by atoms with Crippen molar-refractivity contribution >= 4 is 44.9 Å². The molecule has 32 heavy (non-hydrogen) atoms. The standard InChI is InChI=1S/C19H24ClF2N3O2S2.CH2O2/c1-25(8-6-21)17-5-3-2-4-15(17)24-16-11-14(22)18(10-13(16)20)29(26,27)12-19-23-7-9-28-19;2-1-3/h7,9-11,15,17,24H,2-6,8,12H2,1H3;1H,(H,2,3)/t15-,17-;/m0./s1. The molecule has 0 saturated heterocycles. The fourth-order valence-electron chi connectivity index (χ4n) is 3.75. The second kappa shape index (κ2) is 12.4. The van der Waals surface area contributed by atoms with Gasteiger partial charge in [0, 0.05) is 30.2 Å². The Balaban J connectivity index is 0.00000114. The molecule has 0 amide bonds. The number of carbonyl (C=O) groups is 1. The maximum absolute atomic E-state index is 14.7. The van der Waals surface area contributed by atoms with Crippen LogP contribution in [0.2, 0.25) is 5.02 Å². The lowest BCUT2D eigenvalue weighted by molar-refractivity contribution is -0.122. The maximum atomic E-state index is 14.7. The van der Waals surface area contributed by atoms with Crippen molar-refractivity contribution in [2.45, 2.75) is 48.4 Å². The first-order chi connectivity index (χ1) is 15.2. The summed E-state index contributed by atoms with van der Waals surface area (Å²) in [6.07, 6.45) is 5.33. The van der Waals surface area contributed by atoms with Gasteiger partial charge >= 0.3 is 0 Å². The number of nitrogens with zero attached hydrogens (tertiary/aromatic N) is 2. The quantitative estimate of drug-likeness (QED) is 0.513. The molecule has 1 aliphatic carbocycles. The largest absolute Gasteiger partial charge is 0.483 e. The summed E-state index contributed by atoms with van der Waals surface area (Å²) in [6.45, 7) is -0.348. The fraction of sp³-hybridized carbons (Fsp3) is 0.500. The zero-order valence-electron chi connectivity index (χ0n) is 17.5. The van der Waals surface area contributed by atoms with Crippen molar-refractivity contribution in [2.24, 2.45) is 0 Å². The average Bonchev–Trinajstić information content (AvgIpc) is 3.24. The highest BCUT2D eigenvalue weighted by atomic mass is 35.5. The first kappa shape index (κ1) is 26.4. The first-order valence-corrected chi connectivity index (χ1v) is 12.8. The topological polar surface area (TPSA) is 99.6 Å². The Hall–Kier alpha value is -1.82. The van der Waals surface area contributed by atoms with E-state index in [-0.39, 0.29) is 29.3 Å². The van der Waals surface area contributed by atoms with Gasteiger partial charge in [-0.3, -0.25) is 9.69 Å². The van der Waals surface area contributed by atoms with Crippen LogP contribution in [-0.4, -0.2) is 62.2 Å². The first-order valence-electron chi connectivity index (χ1n) is 9.94. The van der Waals surface area contributed by atoms with Gasteiger partial charge in [-0.1, -0.05) is 24.4 Å². The van der Waals surface area contributed by atoms with Crippen LogP contribution in [-0.2, 0) is 20.4 Å². The summed E-state index contributed by atoms with van der Waals surface area (Å²) < 4.78 is 52.7. The Morgan fingerprint density at radius 3 is 2.69 bits per heavy atom. The zero-order chi connectivity index (χ0) is 23.7. The number of halogens is 3. The summed E-state index contributed by atoms with van der Waals surface area (Å²) in [5.74, 6) is -1.22. The Morgan fingerprint density at radius 2 is 2.06 bits per heavy atom. The fourth-order valence-corrected chi connectivity index (χ4v) is 6.38. The van der Waals surface area contributed by atoms with E-state index in [2.05, 4.69) is 10.3 Å². The van der Waals surface area contributed by atoms with E-state index < -0.39 is 27.2 Å². The minimum atomic E-state index is -3.91. The van der Waals surface area contributed by atoms with Gasteiger partial charge < -0.3 is 10.4 Å². The van der Waals surface area contributed by atoms with Gasteiger partial charge in [-0.2, -0.15) is 0 Å². The van der Waals surface area contributed by atoms with Gasteiger partial charge in [-0.25, -0.2) is 22.2 Å². The molecule has 0 bridgehead atoms. The molecule has 1 aliphatic rings. The molecule has 7 nitrogen and oxygen atoms in total. The van der Waals surface area contributed by atoms with Gasteiger partial charge in [0.05, 0.1) is 10.7 Å². The summed E-state index contributed by atoms with van der Waals surface area (Å²) in [5.41, 5.74) is 0.350. The summed E-state index contributed by atoms with van der Waals surface area (Å²) in [6, 6.07) is 2.38. The minimum absolute atomic E-state index is 0.0185. The Kier molecular flexibility index (Phi) is 10.3. The number of thiazole rings is 1. The third-order valence-corrected chi connectivity index (χ3v) is 8.14. The molecule has 3 rings (SSSR count). The number of nitrogens with one attached hydrogen (secondary N) is 1. The molecule has 1 aromatic heterocycles. The number of rotatable bonds is 8. The predicted molar refractivity (Wildman–Crippen MR) is 121 cm³/mol. The molecule has 1 aromatic carbocycles. The van der Waals surface area contributed by atoms with Gasteiger partial charge in [0.15, 0.2) is 9.84 Å². The van der Waals surface area contributed by atoms with Crippen molar-refractivity contribution in [2.75, 3.05) is 25.6 Å². The summed E-state index contributed by atoms with van der Waals surface area (Å²) in [4.78, 5) is 13.8. The second-order valence-electron chi connectivity index (χ2n) is 7.33. The van der Waals surface area contributed by atoms with Crippen LogP contribution in [0.4, 0.5) is 14.5 Å². The number of benzene rings is 1. The summed E-state index contributed by atoms with van der Waals surface area (Å²) >= 11 is 7.52. The number of sulfone groups is 1. The molecule has 0 unspecified atom stereocenters. The third-order valence-electron chi connectivity index (χ3n) is 5.23. The van der Waals surface area contributed by atoms with Crippen molar-refractivity contribution in [3.05, 3.63) is 39.6 Å². The van der Waals surface area contributed by atoms with Crippen molar-refractivity contribution in [1.82, 2.24) is 9.88 Å². The lowest BCUT2D eigenvalue weighted by Crippen LogP contribution is -2.47. The van der Waals surface area contributed by atoms with E-state index in [0.717, 1.165) is 37.8 Å². The van der Waals surface area contributed by atoms with E-state index in [1.165, 1.54) is 17.5 Å². The van der Waals surface area contributed by atoms with E-state index in [0.29, 0.717) is 17.2 Å². The Morgan fingerprint density at radius 1 is 1.38 bits per heavy atom. The van der Waals surface area contributed by atoms with Crippen LogP contribution >= 0.6 is 22.9 Å². The molecule has 2 aromatic rings. The van der Waals surface area contributed by atoms with Crippen LogP contribution < -0.4 is 5.32 Å². The molecule has 0 spiro atoms. The number of anilines is 1. The lowest BCUT2D eigenvalue weighted by atomic mass is 9.89. The normalized spacial score (nSPS) is 18.7. The Bertz CT molecular complexity index is 977. The smallest absolute Gasteiger partial charge is 0.290 e.